The number of aromatic nitrogens is 1. The minimum atomic E-state index is 0.598. The molecule has 0 saturated heterocycles. The molecule has 0 saturated carbocycles. The Morgan fingerprint density at radius 3 is 2.86 bits per heavy atom. The quantitative estimate of drug-likeness (QED) is 0.775. The fourth-order valence-electron chi connectivity index (χ4n) is 1.54. The van der Waals surface area contributed by atoms with E-state index in [0.717, 1.165) is 6.54 Å². The van der Waals surface area contributed by atoms with Crippen molar-refractivity contribution in [1.29, 1.82) is 0 Å². The third-order valence-corrected chi connectivity index (χ3v) is 2.31. The number of nitrogens with zero attached hydrogens (tertiary/aromatic N) is 1. The first-order valence-corrected chi connectivity index (χ1v) is 5.36. The fourth-order valence-corrected chi connectivity index (χ4v) is 1.54. The molecule has 0 spiro atoms. The highest BCUT2D eigenvalue weighted by atomic mass is 14.9. The van der Waals surface area contributed by atoms with E-state index in [4.69, 9.17) is 0 Å². The summed E-state index contributed by atoms with van der Waals surface area (Å²) in [5.74, 6) is 0. The molecule has 2 heteroatoms. The predicted molar refractivity (Wildman–Crippen MR) is 60.2 cm³/mol. The van der Waals surface area contributed by atoms with Crippen LogP contribution in [0.3, 0.4) is 0 Å². The van der Waals surface area contributed by atoms with Gasteiger partial charge in [-0.15, -0.1) is 0 Å². The SMILES string of the molecule is CCCC(C)NCc1cncc(C)c1. The standard InChI is InChI=1S/C12H20N2/c1-4-5-11(3)14-9-12-6-10(2)7-13-8-12/h6-8,11,14H,4-5,9H2,1-3H3. The first kappa shape index (κ1) is 11.2. The van der Waals surface area contributed by atoms with Crippen LogP contribution in [0.25, 0.3) is 0 Å². The summed E-state index contributed by atoms with van der Waals surface area (Å²) in [6, 6.07) is 2.78. The van der Waals surface area contributed by atoms with Crippen molar-refractivity contribution in [3.05, 3.63) is 29.6 Å². The molecule has 1 heterocycles. The second-order valence-electron chi connectivity index (χ2n) is 3.94. The first-order chi connectivity index (χ1) is 6.72. The highest BCUT2D eigenvalue weighted by Crippen LogP contribution is 2.02. The first-order valence-electron chi connectivity index (χ1n) is 5.36. The van der Waals surface area contributed by atoms with Gasteiger partial charge in [0.05, 0.1) is 0 Å². The molecule has 0 aliphatic heterocycles. The largest absolute Gasteiger partial charge is 0.310 e. The Morgan fingerprint density at radius 2 is 2.21 bits per heavy atom. The summed E-state index contributed by atoms with van der Waals surface area (Å²) in [5.41, 5.74) is 2.50. The van der Waals surface area contributed by atoms with Crippen LogP contribution in [0.1, 0.15) is 37.8 Å². The van der Waals surface area contributed by atoms with E-state index in [0.29, 0.717) is 6.04 Å². The summed E-state index contributed by atoms with van der Waals surface area (Å²) in [4.78, 5) is 4.17. The summed E-state index contributed by atoms with van der Waals surface area (Å²) in [7, 11) is 0. The zero-order valence-electron chi connectivity index (χ0n) is 9.38. The molecule has 0 bridgehead atoms. The van der Waals surface area contributed by atoms with E-state index in [-0.39, 0.29) is 0 Å². The number of pyridine rings is 1. The molecule has 0 fully saturated rings. The van der Waals surface area contributed by atoms with Crippen molar-refractivity contribution in [2.24, 2.45) is 0 Å². The molecule has 0 amide bonds. The molecule has 0 aromatic carbocycles. The fraction of sp³-hybridized carbons (Fsp3) is 0.583. The van der Waals surface area contributed by atoms with Crippen LogP contribution in [0.5, 0.6) is 0 Å². The lowest BCUT2D eigenvalue weighted by atomic mass is 10.1. The molecule has 0 radical (unpaired) electrons. The smallest absolute Gasteiger partial charge is 0.0313 e. The minimum Gasteiger partial charge on any atom is -0.310 e. The maximum absolute atomic E-state index is 4.17. The lowest BCUT2D eigenvalue weighted by molar-refractivity contribution is 0.508. The molecule has 2 nitrogen and oxygen atoms in total. The van der Waals surface area contributed by atoms with Crippen molar-refractivity contribution in [3.8, 4) is 0 Å². The molecule has 14 heavy (non-hydrogen) atoms. The van der Waals surface area contributed by atoms with Crippen molar-refractivity contribution >= 4 is 0 Å². The van der Waals surface area contributed by atoms with Gasteiger partial charge < -0.3 is 5.32 Å². The number of aryl methyl sites for hydroxylation is 1. The number of hydrogen-bond donors (Lipinski definition) is 1. The van der Waals surface area contributed by atoms with Crippen molar-refractivity contribution in [1.82, 2.24) is 10.3 Å². The normalized spacial score (nSPS) is 12.8. The lowest BCUT2D eigenvalue weighted by Gasteiger charge is -2.12. The van der Waals surface area contributed by atoms with Crippen LogP contribution in [0, 0.1) is 6.92 Å². The van der Waals surface area contributed by atoms with Gasteiger partial charge in [0.2, 0.25) is 0 Å². The highest BCUT2D eigenvalue weighted by molar-refractivity contribution is 5.16. The average Bonchev–Trinajstić information content (AvgIpc) is 2.15. The van der Waals surface area contributed by atoms with Gasteiger partial charge >= 0.3 is 0 Å². The van der Waals surface area contributed by atoms with E-state index in [9.17, 15) is 0 Å². The van der Waals surface area contributed by atoms with Crippen LogP contribution in [0.15, 0.2) is 18.5 Å². The molecular formula is C12H20N2. The van der Waals surface area contributed by atoms with E-state index in [1.54, 1.807) is 0 Å². The summed E-state index contributed by atoms with van der Waals surface area (Å²) in [6.45, 7) is 7.45. The van der Waals surface area contributed by atoms with Gasteiger partial charge in [-0.3, -0.25) is 4.98 Å². The maximum atomic E-state index is 4.17. The third kappa shape index (κ3) is 3.88. The van der Waals surface area contributed by atoms with Crippen LogP contribution in [-0.4, -0.2) is 11.0 Å². The Morgan fingerprint density at radius 1 is 1.43 bits per heavy atom. The molecule has 1 aromatic heterocycles. The second-order valence-corrected chi connectivity index (χ2v) is 3.94. The molecule has 78 valence electrons. The van der Waals surface area contributed by atoms with Crippen molar-refractivity contribution in [3.63, 3.8) is 0 Å². The summed E-state index contributed by atoms with van der Waals surface area (Å²) >= 11 is 0. The number of nitrogens with one attached hydrogen (secondary N) is 1. The van der Waals surface area contributed by atoms with E-state index >= 15 is 0 Å². The van der Waals surface area contributed by atoms with Gasteiger partial charge in [0.25, 0.3) is 0 Å². The summed E-state index contributed by atoms with van der Waals surface area (Å²) < 4.78 is 0. The van der Waals surface area contributed by atoms with Crippen LogP contribution < -0.4 is 5.32 Å². The average molecular weight is 192 g/mol. The van der Waals surface area contributed by atoms with Crippen LogP contribution in [0.2, 0.25) is 0 Å². The monoisotopic (exact) mass is 192 g/mol. The molecule has 0 aliphatic rings. The maximum Gasteiger partial charge on any atom is 0.0313 e. The van der Waals surface area contributed by atoms with Crippen LogP contribution >= 0.6 is 0 Å². The van der Waals surface area contributed by atoms with Gasteiger partial charge in [-0.25, -0.2) is 0 Å². The molecule has 0 aliphatic carbocycles. The molecule has 1 N–H and O–H groups in total. The van der Waals surface area contributed by atoms with Crippen LogP contribution in [-0.2, 0) is 6.54 Å². The summed E-state index contributed by atoms with van der Waals surface area (Å²) in [6.07, 6.45) is 6.29. The van der Waals surface area contributed by atoms with Gasteiger partial charge in [-0.05, 0) is 31.4 Å². The van der Waals surface area contributed by atoms with Crippen molar-refractivity contribution in [2.45, 2.75) is 46.2 Å². The van der Waals surface area contributed by atoms with E-state index in [1.807, 2.05) is 12.4 Å². The van der Waals surface area contributed by atoms with Crippen molar-refractivity contribution < 1.29 is 0 Å². The zero-order chi connectivity index (χ0) is 10.4. The van der Waals surface area contributed by atoms with Gasteiger partial charge in [0, 0.05) is 25.0 Å². The van der Waals surface area contributed by atoms with Gasteiger partial charge in [0.15, 0.2) is 0 Å². The summed E-state index contributed by atoms with van der Waals surface area (Å²) in [5, 5.41) is 3.49. The Bertz CT molecular complexity index is 271. The van der Waals surface area contributed by atoms with Gasteiger partial charge in [-0.1, -0.05) is 19.4 Å². The second kappa shape index (κ2) is 5.76. The highest BCUT2D eigenvalue weighted by Gasteiger charge is 1.99. The Labute approximate surface area is 86.8 Å². The van der Waals surface area contributed by atoms with Crippen molar-refractivity contribution in [2.75, 3.05) is 0 Å². The lowest BCUT2D eigenvalue weighted by Crippen LogP contribution is -2.25. The number of rotatable bonds is 5. The molecular weight excluding hydrogens is 172 g/mol. The van der Waals surface area contributed by atoms with E-state index in [1.165, 1.54) is 24.0 Å². The predicted octanol–water partition coefficient (Wildman–Crippen LogP) is 2.67. The Hall–Kier alpha value is -0.890. The third-order valence-electron chi connectivity index (χ3n) is 2.31. The molecule has 1 atom stereocenters. The topological polar surface area (TPSA) is 24.9 Å². The molecule has 1 rings (SSSR count). The van der Waals surface area contributed by atoms with E-state index in [2.05, 4.69) is 37.1 Å². The van der Waals surface area contributed by atoms with Crippen LogP contribution in [0.4, 0.5) is 0 Å². The minimum absolute atomic E-state index is 0.598. The molecule has 1 aromatic rings. The van der Waals surface area contributed by atoms with E-state index < -0.39 is 0 Å². The Balaban J connectivity index is 2.37. The zero-order valence-corrected chi connectivity index (χ0v) is 9.38. The molecule has 1 unspecified atom stereocenters. The number of hydrogen-bond acceptors (Lipinski definition) is 2. The van der Waals surface area contributed by atoms with Gasteiger partial charge in [0.1, 0.15) is 0 Å². The Kier molecular flexibility index (Phi) is 4.60. The van der Waals surface area contributed by atoms with Gasteiger partial charge in [-0.2, -0.15) is 0 Å².